The number of likely N-dealkylation sites (N-methyl/N-ethyl adjacent to an activating group) is 1. The van der Waals surface area contributed by atoms with Crippen molar-refractivity contribution >= 4 is 5.91 Å². The van der Waals surface area contributed by atoms with E-state index in [2.05, 4.69) is 52.2 Å². The molecule has 3 nitrogen and oxygen atoms in total. The van der Waals surface area contributed by atoms with Crippen LogP contribution in [0.5, 0.6) is 0 Å². The number of carbonyl (C=O) groups excluding carboxylic acids is 1. The molecule has 20 heavy (non-hydrogen) atoms. The second-order valence-electron chi connectivity index (χ2n) is 8.57. The Bertz CT molecular complexity index is 318. The van der Waals surface area contributed by atoms with Gasteiger partial charge >= 0.3 is 0 Å². The highest BCUT2D eigenvalue weighted by Crippen LogP contribution is 2.45. The fourth-order valence-corrected chi connectivity index (χ4v) is 4.14. The van der Waals surface area contributed by atoms with E-state index >= 15 is 0 Å². The summed E-state index contributed by atoms with van der Waals surface area (Å²) in [6.07, 6.45) is 4.47. The summed E-state index contributed by atoms with van der Waals surface area (Å²) in [6.45, 7) is 13.7. The smallest absolute Gasteiger partial charge is 0.236 e. The molecule has 0 aromatic carbocycles. The van der Waals surface area contributed by atoms with Crippen molar-refractivity contribution in [3.63, 3.8) is 0 Å². The van der Waals surface area contributed by atoms with E-state index in [1.807, 2.05) is 0 Å². The van der Waals surface area contributed by atoms with E-state index < -0.39 is 0 Å². The molecule has 0 aromatic rings. The van der Waals surface area contributed by atoms with Crippen molar-refractivity contribution in [2.45, 2.75) is 79.3 Å². The highest BCUT2D eigenvalue weighted by Gasteiger charge is 2.39. The van der Waals surface area contributed by atoms with Crippen LogP contribution < -0.4 is 10.6 Å². The lowest BCUT2D eigenvalue weighted by atomic mass is 9.63. The predicted octanol–water partition coefficient (Wildman–Crippen LogP) is 3.34. The number of carbonyl (C=O) groups is 1. The maximum atomic E-state index is 12.1. The number of hydrogen-bond donors (Lipinski definition) is 2. The largest absolute Gasteiger partial charge is 0.358 e. The van der Waals surface area contributed by atoms with Gasteiger partial charge in [0.2, 0.25) is 5.91 Å². The Labute approximate surface area is 125 Å². The topological polar surface area (TPSA) is 41.1 Å². The van der Waals surface area contributed by atoms with Crippen LogP contribution in [0.1, 0.15) is 67.2 Å². The third-order valence-corrected chi connectivity index (χ3v) is 4.26. The maximum absolute atomic E-state index is 12.1. The van der Waals surface area contributed by atoms with E-state index in [9.17, 15) is 4.79 Å². The molecule has 0 bridgehead atoms. The summed E-state index contributed by atoms with van der Waals surface area (Å²) in [4.78, 5) is 12.1. The van der Waals surface area contributed by atoms with Crippen molar-refractivity contribution < 1.29 is 4.79 Å². The average molecular weight is 282 g/mol. The molecule has 1 aliphatic carbocycles. The normalized spacial score (nSPS) is 23.6. The van der Waals surface area contributed by atoms with Crippen molar-refractivity contribution in [3.05, 3.63) is 0 Å². The van der Waals surface area contributed by atoms with Crippen molar-refractivity contribution in [1.29, 1.82) is 0 Å². The Morgan fingerprint density at radius 1 is 1.15 bits per heavy atom. The van der Waals surface area contributed by atoms with E-state index in [0.717, 1.165) is 19.3 Å². The highest BCUT2D eigenvalue weighted by molar-refractivity contribution is 5.81. The van der Waals surface area contributed by atoms with Crippen LogP contribution in [0.25, 0.3) is 0 Å². The predicted molar refractivity (Wildman–Crippen MR) is 85.6 cm³/mol. The quantitative estimate of drug-likeness (QED) is 0.812. The van der Waals surface area contributed by atoms with Crippen molar-refractivity contribution in [2.75, 3.05) is 7.05 Å². The van der Waals surface area contributed by atoms with Crippen LogP contribution in [0.15, 0.2) is 0 Å². The van der Waals surface area contributed by atoms with Crippen LogP contribution in [0.4, 0.5) is 0 Å². The van der Waals surface area contributed by atoms with Gasteiger partial charge in [0.15, 0.2) is 0 Å². The zero-order chi connectivity index (χ0) is 15.6. The zero-order valence-corrected chi connectivity index (χ0v) is 14.5. The highest BCUT2D eigenvalue weighted by atomic mass is 16.2. The summed E-state index contributed by atoms with van der Waals surface area (Å²) >= 11 is 0. The van der Waals surface area contributed by atoms with Gasteiger partial charge in [0.05, 0.1) is 6.04 Å². The van der Waals surface area contributed by atoms with E-state index in [4.69, 9.17) is 0 Å². The second kappa shape index (κ2) is 6.46. The summed E-state index contributed by atoms with van der Waals surface area (Å²) in [6, 6.07) is 0.379. The molecule has 1 amide bonds. The van der Waals surface area contributed by atoms with Gasteiger partial charge in [0.25, 0.3) is 0 Å². The first kappa shape index (κ1) is 17.5. The molecule has 3 heteroatoms. The zero-order valence-electron chi connectivity index (χ0n) is 14.5. The Morgan fingerprint density at radius 2 is 1.65 bits per heavy atom. The Hall–Kier alpha value is -0.570. The first-order valence-electron chi connectivity index (χ1n) is 8.02. The molecule has 1 unspecified atom stereocenters. The Morgan fingerprint density at radius 3 is 2.05 bits per heavy atom. The summed E-state index contributed by atoms with van der Waals surface area (Å²) in [5, 5.41) is 6.44. The molecule has 0 aliphatic heterocycles. The van der Waals surface area contributed by atoms with Crippen LogP contribution in [0.2, 0.25) is 0 Å². The molecule has 118 valence electrons. The number of amides is 1. The van der Waals surface area contributed by atoms with Gasteiger partial charge in [-0.1, -0.05) is 41.5 Å². The molecule has 1 aliphatic rings. The Kier molecular flexibility index (Phi) is 5.65. The lowest BCUT2D eigenvalue weighted by molar-refractivity contribution is -0.123. The molecule has 1 saturated carbocycles. The Balaban J connectivity index is 2.74. The molecule has 1 rings (SSSR count). The number of hydrogen-bond acceptors (Lipinski definition) is 2. The van der Waals surface area contributed by atoms with Crippen LogP contribution in [-0.4, -0.2) is 25.0 Å². The van der Waals surface area contributed by atoms with Gasteiger partial charge in [-0.15, -0.1) is 0 Å². The molecular formula is C17H34N2O. The van der Waals surface area contributed by atoms with E-state index in [-0.39, 0.29) is 11.9 Å². The third-order valence-electron chi connectivity index (χ3n) is 4.26. The lowest BCUT2D eigenvalue weighted by Crippen LogP contribution is -2.52. The van der Waals surface area contributed by atoms with Crippen LogP contribution in [0.3, 0.4) is 0 Å². The van der Waals surface area contributed by atoms with Crippen molar-refractivity contribution in [3.8, 4) is 0 Å². The van der Waals surface area contributed by atoms with Gasteiger partial charge < -0.3 is 10.6 Å². The molecule has 0 spiro atoms. The van der Waals surface area contributed by atoms with Crippen molar-refractivity contribution in [2.24, 2.45) is 16.7 Å². The second-order valence-corrected chi connectivity index (χ2v) is 8.57. The molecule has 1 fully saturated rings. The first-order valence-corrected chi connectivity index (χ1v) is 8.02. The van der Waals surface area contributed by atoms with Gasteiger partial charge in [-0.3, -0.25) is 4.79 Å². The molecule has 0 aromatic heterocycles. The minimum absolute atomic E-state index is 0.0605. The van der Waals surface area contributed by atoms with E-state index in [1.54, 1.807) is 7.05 Å². The monoisotopic (exact) mass is 282 g/mol. The van der Waals surface area contributed by atoms with Crippen molar-refractivity contribution in [1.82, 2.24) is 10.6 Å². The molecule has 0 radical (unpaired) electrons. The van der Waals surface area contributed by atoms with Crippen LogP contribution in [0, 0.1) is 16.7 Å². The fourth-order valence-electron chi connectivity index (χ4n) is 4.14. The summed E-state index contributed by atoms with van der Waals surface area (Å²) < 4.78 is 0. The molecule has 1 atom stereocenters. The summed E-state index contributed by atoms with van der Waals surface area (Å²) in [5.74, 6) is 0.647. The standard InChI is InChI=1S/C17H34N2O/c1-12(2)8-14(15(20)18-7)19-13-9-16(3,4)11-17(5,6)10-13/h12-14,19H,8-11H2,1-7H3,(H,18,20). The number of rotatable bonds is 5. The molecule has 0 saturated heterocycles. The maximum Gasteiger partial charge on any atom is 0.236 e. The fraction of sp³-hybridized carbons (Fsp3) is 0.941. The van der Waals surface area contributed by atoms with E-state index in [0.29, 0.717) is 22.8 Å². The number of nitrogens with one attached hydrogen (secondary N) is 2. The molecule has 0 heterocycles. The third kappa shape index (κ3) is 5.43. The van der Waals surface area contributed by atoms with E-state index in [1.165, 1.54) is 6.42 Å². The van der Waals surface area contributed by atoms with Crippen LogP contribution >= 0.6 is 0 Å². The van der Waals surface area contributed by atoms with Gasteiger partial charge in [-0.05, 0) is 42.4 Å². The van der Waals surface area contributed by atoms with Crippen LogP contribution in [-0.2, 0) is 4.79 Å². The molecular weight excluding hydrogens is 248 g/mol. The molecule has 2 N–H and O–H groups in total. The summed E-state index contributed by atoms with van der Waals surface area (Å²) in [5.41, 5.74) is 0.703. The SMILES string of the molecule is CNC(=O)C(CC(C)C)NC1CC(C)(C)CC(C)(C)C1. The minimum atomic E-state index is -0.0605. The summed E-state index contributed by atoms with van der Waals surface area (Å²) in [7, 11) is 1.73. The van der Waals surface area contributed by atoms with Gasteiger partial charge in [-0.25, -0.2) is 0 Å². The average Bonchev–Trinajstić information content (AvgIpc) is 2.21. The van der Waals surface area contributed by atoms with Gasteiger partial charge in [0.1, 0.15) is 0 Å². The van der Waals surface area contributed by atoms with Gasteiger partial charge in [-0.2, -0.15) is 0 Å². The minimum Gasteiger partial charge on any atom is -0.358 e. The first-order chi connectivity index (χ1) is 9.04. The van der Waals surface area contributed by atoms with Gasteiger partial charge in [0, 0.05) is 13.1 Å². The lowest BCUT2D eigenvalue weighted by Gasteiger charge is -2.46.